The van der Waals surface area contributed by atoms with Gasteiger partial charge >= 0.3 is 0 Å². The number of hydrogen-bond donors (Lipinski definition) is 2. The van der Waals surface area contributed by atoms with Gasteiger partial charge in [0.2, 0.25) is 0 Å². The number of nitrogens with zero attached hydrogens (tertiary/aromatic N) is 2. The first-order chi connectivity index (χ1) is 19.0. The largest absolute Gasteiger partial charge is 0.394 e. The minimum Gasteiger partial charge on any atom is -0.394 e. The van der Waals surface area contributed by atoms with E-state index in [1.807, 2.05) is 29.2 Å². The Morgan fingerprint density at radius 1 is 1.05 bits per heavy atom. The van der Waals surface area contributed by atoms with Crippen LogP contribution in [-0.2, 0) is 11.3 Å². The molecule has 0 saturated heterocycles. The second-order valence-electron chi connectivity index (χ2n) is 9.05. The third-order valence-corrected chi connectivity index (χ3v) is 6.98. The van der Waals surface area contributed by atoms with E-state index in [-0.39, 0.29) is 30.2 Å². The Morgan fingerprint density at radius 3 is 2.38 bits per heavy atom. The monoisotopic (exact) mass is 551 g/mol. The van der Waals surface area contributed by atoms with E-state index >= 15 is 0 Å². The fraction of sp³-hybridized carbons (Fsp3) is 0.267. The molecule has 3 aromatic carbocycles. The number of aliphatic hydroxyl groups excluding tert-OH is 1. The molecule has 0 aliphatic heterocycles. The minimum atomic E-state index is -0.544. The van der Waals surface area contributed by atoms with Crippen LogP contribution in [0.4, 0.5) is 8.78 Å². The van der Waals surface area contributed by atoms with Gasteiger partial charge in [0.15, 0.2) is 0 Å². The Hall–Kier alpha value is -3.53. The van der Waals surface area contributed by atoms with Crippen LogP contribution in [0.15, 0.2) is 85.5 Å². The van der Waals surface area contributed by atoms with Crippen molar-refractivity contribution >= 4 is 17.7 Å². The molecule has 0 aliphatic carbocycles. The predicted octanol–water partition coefficient (Wildman–Crippen LogP) is 5.48. The van der Waals surface area contributed by atoms with Crippen LogP contribution >= 0.6 is 11.8 Å². The van der Waals surface area contributed by atoms with Crippen molar-refractivity contribution < 1.29 is 23.4 Å². The number of aromatic nitrogens is 2. The van der Waals surface area contributed by atoms with Gasteiger partial charge in [-0.25, -0.2) is 13.8 Å². The number of carbonyl (C=O) groups excluding carboxylic acids is 1. The van der Waals surface area contributed by atoms with Crippen LogP contribution < -0.4 is 5.32 Å². The van der Waals surface area contributed by atoms with Crippen LogP contribution in [-0.4, -0.2) is 51.8 Å². The van der Waals surface area contributed by atoms with Gasteiger partial charge in [-0.2, -0.15) is 11.8 Å². The molecule has 0 radical (unpaired) electrons. The van der Waals surface area contributed by atoms with Crippen LogP contribution in [0, 0.1) is 11.6 Å². The lowest BCUT2D eigenvalue weighted by Crippen LogP contribution is -2.38. The number of carbonyl (C=O) groups is 1. The molecule has 2 N–H and O–H groups in total. The zero-order valence-corrected chi connectivity index (χ0v) is 22.4. The lowest BCUT2D eigenvalue weighted by atomic mass is 9.92. The van der Waals surface area contributed by atoms with E-state index in [4.69, 9.17) is 4.74 Å². The quantitative estimate of drug-likeness (QED) is 0.230. The van der Waals surface area contributed by atoms with Crippen LogP contribution in [0.25, 0.3) is 11.1 Å². The summed E-state index contributed by atoms with van der Waals surface area (Å²) in [4.78, 5) is 17.4. The van der Waals surface area contributed by atoms with Crippen molar-refractivity contribution in [3.63, 3.8) is 0 Å². The Morgan fingerprint density at radius 2 is 1.74 bits per heavy atom. The fourth-order valence-corrected chi connectivity index (χ4v) is 4.76. The number of aliphatic hydroxyl groups is 1. The maximum absolute atomic E-state index is 13.7. The Kier molecular flexibility index (Phi) is 10.2. The summed E-state index contributed by atoms with van der Waals surface area (Å²) in [6.45, 7) is 0.759. The highest BCUT2D eigenvalue weighted by molar-refractivity contribution is 7.98. The van der Waals surface area contributed by atoms with E-state index in [1.165, 1.54) is 24.3 Å². The number of thioether (sulfide) groups is 1. The number of imidazole rings is 1. The highest BCUT2D eigenvalue weighted by Gasteiger charge is 2.21. The summed E-state index contributed by atoms with van der Waals surface area (Å²) in [5, 5.41) is 12.7. The lowest BCUT2D eigenvalue weighted by Gasteiger charge is -2.22. The van der Waals surface area contributed by atoms with Crippen molar-refractivity contribution in [2.45, 2.75) is 25.1 Å². The Balaban J connectivity index is 1.70. The smallest absolute Gasteiger partial charge is 0.252 e. The zero-order chi connectivity index (χ0) is 27.6. The topological polar surface area (TPSA) is 76.4 Å². The molecule has 1 unspecified atom stereocenters. The van der Waals surface area contributed by atoms with Crippen molar-refractivity contribution in [3.8, 4) is 11.1 Å². The van der Waals surface area contributed by atoms with E-state index in [9.17, 15) is 18.7 Å². The summed E-state index contributed by atoms with van der Waals surface area (Å²) >= 11 is 1.64. The third-order valence-electron chi connectivity index (χ3n) is 6.34. The number of halogens is 2. The molecule has 1 amide bonds. The number of rotatable bonds is 13. The number of benzene rings is 3. The van der Waals surface area contributed by atoms with Gasteiger partial charge in [-0.05, 0) is 77.1 Å². The SMILES string of the molecule is CSCC[C@@H](CO)NC(=O)c1ccc(C(OCCn2ccnc2)c2ccc(F)cc2)cc1-c1ccc(F)cc1. The molecule has 204 valence electrons. The van der Waals surface area contributed by atoms with Crippen molar-refractivity contribution in [1.82, 2.24) is 14.9 Å². The van der Waals surface area contributed by atoms with Crippen molar-refractivity contribution in [1.29, 1.82) is 0 Å². The molecule has 2 atom stereocenters. The molecule has 4 rings (SSSR count). The van der Waals surface area contributed by atoms with Crippen LogP contribution in [0.5, 0.6) is 0 Å². The standard InChI is InChI=1S/C30H31F2N3O3S/c1-39-17-12-26(19-36)34-30(37)27-11-6-23(18-28(27)21-2-7-24(31)8-3-21)29(22-4-9-25(32)10-5-22)38-16-15-35-14-13-33-20-35/h2-11,13-14,18,20,26,29,36H,12,15-17,19H2,1H3,(H,34,37)/t26-,29?/m0/s1. The Labute approximate surface area is 231 Å². The van der Waals surface area contributed by atoms with E-state index < -0.39 is 6.10 Å². The summed E-state index contributed by atoms with van der Waals surface area (Å²) in [7, 11) is 0. The van der Waals surface area contributed by atoms with E-state index in [0.29, 0.717) is 36.3 Å². The zero-order valence-electron chi connectivity index (χ0n) is 21.6. The van der Waals surface area contributed by atoms with Crippen molar-refractivity contribution in [2.24, 2.45) is 0 Å². The van der Waals surface area contributed by atoms with Crippen LogP contribution in [0.3, 0.4) is 0 Å². The lowest BCUT2D eigenvalue weighted by molar-refractivity contribution is 0.0737. The van der Waals surface area contributed by atoms with Gasteiger partial charge in [-0.1, -0.05) is 30.3 Å². The predicted molar refractivity (Wildman–Crippen MR) is 150 cm³/mol. The summed E-state index contributed by atoms with van der Waals surface area (Å²) in [6, 6.07) is 17.0. The van der Waals surface area contributed by atoms with Gasteiger partial charge in [-0.15, -0.1) is 0 Å². The molecular formula is C30H31F2N3O3S. The van der Waals surface area contributed by atoms with E-state index in [0.717, 1.165) is 16.9 Å². The van der Waals surface area contributed by atoms with Crippen LogP contribution in [0.2, 0.25) is 0 Å². The third kappa shape index (κ3) is 7.75. The van der Waals surface area contributed by atoms with Gasteiger partial charge in [0.25, 0.3) is 5.91 Å². The molecule has 1 aromatic heterocycles. The highest BCUT2D eigenvalue weighted by atomic mass is 32.2. The van der Waals surface area contributed by atoms with Crippen molar-refractivity contribution in [2.75, 3.05) is 25.2 Å². The molecule has 4 aromatic rings. The maximum Gasteiger partial charge on any atom is 0.252 e. The first-order valence-corrected chi connectivity index (χ1v) is 14.0. The van der Waals surface area contributed by atoms with Gasteiger partial charge in [-0.3, -0.25) is 4.79 Å². The average molecular weight is 552 g/mol. The molecule has 39 heavy (non-hydrogen) atoms. The molecule has 1 heterocycles. The average Bonchev–Trinajstić information content (AvgIpc) is 3.48. The van der Waals surface area contributed by atoms with Gasteiger partial charge in [0, 0.05) is 24.5 Å². The van der Waals surface area contributed by atoms with Crippen molar-refractivity contribution in [3.05, 3.63) is 114 Å². The van der Waals surface area contributed by atoms with Gasteiger partial charge in [0.1, 0.15) is 17.7 Å². The summed E-state index contributed by atoms with van der Waals surface area (Å²) in [6.07, 6.45) is 7.29. The molecule has 0 spiro atoms. The fourth-order valence-electron chi connectivity index (χ4n) is 4.24. The second-order valence-corrected chi connectivity index (χ2v) is 10.0. The first kappa shape index (κ1) is 28.5. The van der Waals surface area contributed by atoms with Gasteiger partial charge in [0.05, 0.1) is 25.6 Å². The minimum absolute atomic E-state index is 0.173. The normalized spacial score (nSPS) is 12.7. The van der Waals surface area contributed by atoms with E-state index in [1.54, 1.807) is 54.6 Å². The maximum atomic E-state index is 13.7. The number of amides is 1. The number of nitrogens with one attached hydrogen (secondary N) is 1. The molecular weight excluding hydrogens is 520 g/mol. The molecule has 0 bridgehead atoms. The number of hydrogen-bond acceptors (Lipinski definition) is 5. The molecule has 9 heteroatoms. The highest BCUT2D eigenvalue weighted by Crippen LogP contribution is 2.32. The second kappa shape index (κ2) is 14.0. The summed E-state index contributed by atoms with van der Waals surface area (Å²) < 4.78 is 35.7. The van der Waals surface area contributed by atoms with E-state index in [2.05, 4.69) is 10.3 Å². The number of ether oxygens (including phenoxy) is 1. The molecule has 6 nitrogen and oxygen atoms in total. The first-order valence-electron chi connectivity index (χ1n) is 12.6. The van der Waals surface area contributed by atoms with Gasteiger partial charge < -0.3 is 19.7 Å². The van der Waals surface area contributed by atoms with Crippen LogP contribution in [0.1, 0.15) is 34.0 Å². The molecule has 0 fully saturated rings. The summed E-state index contributed by atoms with van der Waals surface area (Å²) in [5.74, 6) is -0.272. The molecule has 0 aliphatic rings. The molecule has 0 saturated carbocycles. The Bertz CT molecular complexity index is 1330. The summed E-state index contributed by atoms with van der Waals surface area (Å²) in [5.41, 5.74) is 3.15.